The number of hydrogen-bond donors (Lipinski definition) is 1. The first kappa shape index (κ1) is 6.26. The fraction of sp³-hybridized carbons (Fsp3) is 0.333. The van der Waals surface area contributed by atoms with Gasteiger partial charge in [-0.15, -0.1) is 12.3 Å². The molecule has 7 heavy (non-hydrogen) atoms. The van der Waals surface area contributed by atoms with Gasteiger partial charge in [0.1, 0.15) is 0 Å². The summed E-state index contributed by atoms with van der Waals surface area (Å²) < 4.78 is 0. The van der Waals surface area contributed by atoms with Crippen LogP contribution in [0.2, 0.25) is 0 Å². The van der Waals surface area contributed by atoms with E-state index in [2.05, 4.69) is 5.92 Å². The van der Waals surface area contributed by atoms with Crippen molar-refractivity contribution in [3.63, 3.8) is 0 Å². The molecule has 0 saturated carbocycles. The van der Waals surface area contributed by atoms with Gasteiger partial charge in [0.25, 0.3) is 0 Å². The number of aliphatic hydroxyl groups excluding tert-OH is 1. The average molecular weight is 96.1 g/mol. The lowest BCUT2D eigenvalue weighted by atomic mass is 10.4. The summed E-state index contributed by atoms with van der Waals surface area (Å²) >= 11 is 0. The molecular weight excluding hydrogens is 88.1 g/mol. The predicted octanol–water partition coefficient (Wildman–Crippen LogP) is 0.558. The van der Waals surface area contributed by atoms with E-state index < -0.39 is 0 Å². The first-order valence-corrected chi connectivity index (χ1v) is 2.11. The molecule has 0 aliphatic heterocycles. The summed E-state index contributed by atoms with van der Waals surface area (Å²) in [7, 11) is 0. The quantitative estimate of drug-likeness (QED) is 0.393. The van der Waals surface area contributed by atoms with Gasteiger partial charge < -0.3 is 5.11 Å². The monoisotopic (exact) mass is 96.1 g/mol. The molecule has 0 aliphatic carbocycles. The Bertz CT molecular complexity index is 86.8. The van der Waals surface area contributed by atoms with Crippen LogP contribution in [-0.4, -0.2) is 11.7 Å². The highest BCUT2D eigenvalue weighted by atomic mass is 16.2. The number of rotatable bonds is 2. The molecule has 38 valence electrons. The van der Waals surface area contributed by atoms with Crippen LogP contribution in [0.25, 0.3) is 0 Å². The highest BCUT2D eigenvalue weighted by Gasteiger charge is 1.63. The molecule has 0 heterocycles. The molecule has 0 spiro atoms. The molecule has 0 aromatic rings. The van der Waals surface area contributed by atoms with Gasteiger partial charge in [-0.25, -0.2) is 0 Å². The summed E-state index contributed by atoms with van der Waals surface area (Å²) in [5, 5.41) is 8.14. The molecule has 1 heteroatoms. The second kappa shape index (κ2) is 5.26. The van der Waals surface area contributed by atoms with Crippen molar-refractivity contribution in [1.82, 2.24) is 0 Å². The molecule has 1 nitrogen and oxygen atoms in total. The van der Waals surface area contributed by atoms with Crippen molar-refractivity contribution in [3.05, 3.63) is 12.2 Å². The third-order valence-corrected chi connectivity index (χ3v) is 0.508. The van der Waals surface area contributed by atoms with Crippen molar-refractivity contribution in [2.45, 2.75) is 6.42 Å². The predicted molar refractivity (Wildman–Crippen MR) is 29.7 cm³/mol. The third kappa shape index (κ3) is 5.26. The van der Waals surface area contributed by atoms with Crippen LogP contribution < -0.4 is 0 Å². The third-order valence-electron chi connectivity index (χ3n) is 0.508. The topological polar surface area (TPSA) is 20.2 Å². The zero-order chi connectivity index (χ0) is 5.54. The van der Waals surface area contributed by atoms with E-state index >= 15 is 0 Å². The number of allylic oxidation sites excluding steroid dienone is 1. The van der Waals surface area contributed by atoms with Crippen molar-refractivity contribution in [2.75, 3.05) is 6.61 Å². The Morgan fingerprint density at radius 3 is 2.71 bits per heavy atom. The Hall–Kier alpha value is -0.740. The molecule has 0 aromatic heterocycles. The molecule has 0 unspecified atom stereocenters. The Labute approximate surface area is 43.7 Å². The van der Waals surface area contributed by atoms with Crippen LogP contribution in [0.3, 0.4) is 0 Å². The fourth-order valence-corrected chi connectivity index (χ4v) is 0.226. The highest BCUT2D eigenvalue weighted by Crippen LogP contribution is 1.75. The first-order chi connectivity index (χ1) is 3.41. The van der Waals surface area contributed by atoms with E-state index in [-0.39, 0.29) is 6.61 Å². The maximum absolute atomic E-state index is 8.14. The largest absolute Gasteiger partial charge is 0.392 e. The van der Waals surface area contributed by atoms with E-state index in [0.717, 1.165) is 0 Å². The molecular formula is C6H8O. The van der Waals surface area contributed by atoms with E-state index in [4.69, 9.17) is 11.5 Å². The maximum atomic E-state index is 8.14. The molecule has 0 bridgehead atoms. The fourth-order valence-electron chi connectivity index (χ4n) is 0.226. The molecule has 0 aliphatic rings. The number of hydrogen-bond acceptors (Lipinski definition) is 1. The van der Waals surface area contributed by atoms with Gasteiger partial charge in [-0.3, -0.25) is 0 Å². The van der Waals surface area contributed by atoms with Crippen molar-refractivity contribution in [2.24, 2.45) is 0 Å². The Balaban J connectivity index is 2.97. The van der Waals surface area contributed by atoms with Gasteiger partial charge >= 0.3 is 0 Å². The van der Waals surface area contributed by atoms with Gasteiger partial charge in [-0.2, -0.15) is 0 Å². The van der Waals surface area contributed by atoms with E-state index in [0.29, 0.717) is 6.42 Å². The standard InChI is InChI=1S/C6H8O/c1-2-3-4-5-6-7/h1,4-5,7H,3,6H2/b5-4+. The lowest BCUT2D eigenvalue weighted by Gasteiger charge is -1.73. The highest BCUT2D eigenvalue weighted by molar-refractivity contribution is 4.95. The summed E-state index contributed by atoms with van der Waals surface area (Å²) in [5.41, 5.74) is 0. The van der Waals surface area contributed by atoms with Gasteiger partial charge in [0.05, 0.1) is 6.61 Å². The van der Waals surface area contributed by atoms with Crippen LogP contribution in [0.1, 0.15) is 6.42 Å². The minimum Gasteiger partial charge on any atom is -0.392 e. The lowest BCUT2D eigenvalue weighted by molar-refractivity contribution is 0.342. The molecule has 0 aromatic carbocycles. The lowest BCUT2D eigenvalue weighted by Crippen LogP contribution is -1.68. The molecule has 0 amide bonds. The van der Waals surface area contributed by atoms with E-state index in [1.165, 1.54) is 0 Å². The smallest absolute Gasteiger partial charge is 0.0612 e. The molecule has 0 rings (SSSR count). The van der Waals surface area contributed by atoms with Crippen molar-refractivity contribution in [1.29, 1.82) is 0 Å². The van der Waals surface area contributed by atoms with Crippen LogP contribution in [0.4, 0.5) is 0 Å². The second-order valence-electron chi connectivity index (χ2n) is 1.06. The summed E-state index contributed by atoms with van der Waals surface area (Å²) in [4.78, 5) is 0. The molecule has 0 atom stereocenters. The zero-order valence-corrected chi connectivity index (χ0v) is 4.09. The molecule has 0 radical (unpaired) electrons. The van der Waals surface area contributed by atoms with E-state index in [1.807, 2.05) is 0 Å². The Morgan fingerprint density at radius 1 is 1.57 bits per heavy atom. The van der Waals surface area contributed by atoms with Gasteiger partial charge in [-0.05, 0) is 0 Å². The van der Waals surface area contributed by atoms with Gasteiger partial charge in [-0.1, -0.05) is 12.2 Å². The number of aliphatic hydroxyl groups is 1. The Kier molecular flexibility index (Phi) is 4.70. The molecule has 1 N–H and O–H groups in total. The minimum atomic E-state index is 0.0850. The SMILES string of the molecule is C#CC/C=C/CO. The minimum absolute atomic E-state index is 0.0850. The average Bonchev–Trinajstić information content (AvgIpc) is 1.69. The van der Waals surface area contributed by atoms with Crippen LogP contribution in [0.5, 0.6) is 0 Å². The molecule has 0 saturated heterocycles. The maximum Gasteiger partial charge on any atom is 0.0612 e. The summed E-state index contributed by atoms with van der Waals surface area (Å²) in [6.45, 7) is 0.0850. The van der Waals surface area contributed by atoms with E-state index in [9.17, 15) is 0 Å². The zero-order valence-electron chi connectivity index (χ0n) is 4.09. The van der Waals surface area contributed by atoms with Crippen LogP contribution in [0, 0.1) is 12.3 Å². The van der Waals surface area contributed by atoms with Gasteiger partial charge in [0.15, 0.2) is 0 Å². The first-order valence-electron chi connectivity index (χ1n) is 2.11. The van der Waals surface area contributed by atoms with E-state index in [1.54, 1.807) is 12.2 Å². The molecule has 0 fully saturated rings. The second-order valence-corrected chi connectivity index (χ2v) is 1.06. The normalized spacial score (nSPS) is 9.14. The summed E-state index contributed by atoms with van der Waals surface area (Å²) in [5.74, 6) is 2.40. The van der Waals surface area contributed by atoms with Crippen LogP contribution in [-0.2, 0) is 0 Å². The summed E-state index contributed by atoms with van der Waals surface area (Å²) in [6.07, 6.45) is 8.87. The number of terminal acetylenes is 1. The van der Waals surface area contributed by atoms with Crippen LogP contribution in [0.15, 0.2) is 12.2 Å². The van der Waals surface area contributed by atoms with Crippen LogP contribution >= 0.6 is 0 Å². The van der Waals surface area contributed by atoms with Crippen molar-refractivity contribution >= 4 is 0 Å². The van der Waals surface area contributed by atoms with Gasteiger partial charge in [0.2, 0.25) is 0 Å². The summed E-state index contributed by atoms with van der Waals surface area (Å²) in [6, 6.07) is 0. The van der Waals surface area contributed by atoms with Crippen molar-refractivity contribution in [3.8, 4) is 12.3 Å². The van der Waals surface area contributed by atoms with Crippen molar-refractivity contribution < 1.29 is 5.11 Å². The van der Waals surface area contributed by atoms with Gasteiger partial charge in [0, 0.05) is 6.42 Å². The Morgan fingerprint density at radius 2 is 2.29 bits per heavy atom.